The lowest BCUT2D eigenvalue weighted by Crippen LogP contribution is -2.44. The van der Waals surface area contributed by atoms with E-state index in [0.29, 0.717) is 13.2 Å². The summed E-state index contributed by atoms with van der Waals surface area (Å²) in [5, 5.41) is 4.75. The van der Waals surface area contributed by atoms with Crippen LogP contribution in [0.15, 0.2) is 0 Å². The van der Waals surface area contributed by atoms with Crippen LogP contribution >= 0.6 is 11.3 Å². The largest absolute Gasteiger partial charge is 0.383 e. The highest BCUT2D eigenvalue weighted by atomic mass is 32.1. The van der Waals surface area contributed by atoms with Gasteiger partial charge in [-0.2, -0.15) is 0 Å². The molecule has 102 valence electrons. The standard InChI is InChI=1S/C13H22N2O2S/c1-4-11-10(2)18-12(15-11)13(5-7-17-9-13)14-6-8-16-3/h14H,4-9H2,1-3H3. The number of nitrogens with zero attached hydrogens (tertiary/aromatic N) is 1. The summed E-state index contributed by atoms with van der Waals surface area (Å²) in [7, 11) is 1.72. The second-order valence-corrected chi connectivity index (χ2v) is 5.88. The minimum Gasteiger partial charge on any atom is -0.383 e. The van der Waals surface area contributed by atoms with Crippen molar-refractivity contribution in [3.63, 3.8) is 0 Å². The van der Waals surface area contributed by atoms with Crippen molar-refractivity contribution in [1.29, 1.82) is 0 Å². The van der Waals surface area contributed by atoms with E-state index < -0.39 is 0 Å². The van der Waals surface area contributed by atoms with E-state index in [2.05, 4.69) is 19.2 Å². The lowest BCUT2D eigenvalue weighted by molar-refractivity contribution is 0.152. The summed E-state index contributed by atoms with van der Waals surface area (Å²) in [4.78, 5) is 6.12. The highest BCUT2D eigenvalue weighted by Crippen LogP contribution is 2.34. The zero-order valence-corrected chi connectivity index (χ0v) is 12.2. The van der Waals surface area contributed by atoms with Gasteiger partial charge in [0.05, 0.1) is 24.4 Å². The molecule has 0 spiro atoms. The number of ether oxygens (including phenoxy) is 2. The van der Waals surface area contributed by atoms with Crippen molar-refractivity contribution in [3.8, 4) is 0 Å². The van der Waals surface area contributed by atoms with Crippen LogP contribution in [0.25, 0.3) is 0 Å². The molecule has 1 aliphatic heterocycles. The Morgan fingerprint density at radius 3 is 2.94 bits per heavy atom. The monoisotopic (exact) mass is 270 g/mol. The molecule has 0 aliphatic carbocycles. The maximum Gasteiger partial charge on any atom is 0.116 e. The van der Waals surface area contributed by atoms with Crippen molar-refractivity contribution >= 4 is 11.3 Å². The van der Waals surface area contributed by atoms with E-state index in [9.17, 15) is 0 Å². The third-order valence-corrected chi connectivity index (χ3v) is 4.65. The Morgan fingerprint density at radius 2 is 2.39 bits per heavy atom. The smallest absolute Gasteiger partial charge is 0.116 e. The van der Waals surface area contributed by atoms with Crippen LogP contribution < -0.4 is 5.32 Å². The molecule has 2 heterocycles. The summed E-state index contributed by atoms with van der Waals surface area (Å²) in [6, 6.07) is 0. The SMILES string of the molecule is CCc1nc(C2(NCCOC)CCOC2)sc1C. The Hall–Kier alpha value is -0.490. The van der Waals surface area contributed by atoms with Crippen LogP contribution in [0.3, 0.4) is 0 Å². The number of methoxy groups -OCH3 is 1. The van der Waals surface area contributed by atoms with Gasteiger partial charge < -0.3 is 14.8 Å². The van der Waals surface area contributed by atoms with Gasteiger partial charge in [-0.15, -0.1) is 11.3 Å². The summed E-state index contributed by atoms with van der Waals surface area (Å²) >= 11 is 1.80. The van der Waals surface area contributed by atoms with E-state index >= 15 is 0 Å². The first-order chi connectivity index (χ1) is 8.72. The Bertz CT molecular complexity index is 386. The molecule has 5 heteroatoms. The average molecular weight is 270 g/mol. The second kappa shape index (κ2) is 6.10. The molecule has 18 heavy (non-hydrogen) atoms. The van der Waals surface area contributed by atoms with Crippen molar-refractivity contribution in [2.45, 2.75) is 32.2 Å². The molecule has 0 aromatic carbocycles. The lowest BCUT2D eigenvalue weighted by atomic mass is 9.99. The molecule has 1 fully saturated rings. The molecule has 0 bridgehead atoms. The fourth-order valence-electron chi connectivity index (χ4n) is 2.30. The maximum atomic E-state index is 5.59. The minimum atomic E-state index is -0.0959. The predicted octanol–water partition coefficient (Wildman–Crippen LogP) is 1.87. The first kappa shape index (κ1) is 13.9. The van der Waals surface area contributed by atoms with E-state index in [0.717, 1.165) is 26.0 Å². The third-order valence-electron chi connectivity index (χ3n) is 3.43. The van der Waals surface area contributed by atoms with Crippen LogP contribution in [0.4, 0.5) is 0 Å². The number of rotatable bonds is 6. The van der Waals surface area contributed by atoms with Gasteiger partial charge >= 0.3 is 0 Å². The minimum absolute atomic E-state index is 0.0959. The molecule has 1 aromatic rings. The zero-order chi connectivity index (χ0) is 13.0. The molecule has 1 saturated heterocycles. The highest BCUT2D eigenvalue weighted by Gasteiger charge is 2.39. The molecule has 0 radical (unpaired) electrons. The predicted molar refractivity (Wildman–Crippen MR) is 73.2 cm³/mol. The number of hydrogen-bond donors (Lipinski definition) is 1. The topological polar surface area (TPSA) is 43.4 Å². The van der Waals surface area contributed by atoms with Gasteiger partial charge in [0, 0.05) is 25.1 Å². The van der Waals surface area contributed by atoms with Gasteiger partial charge in [-0.25, -0.2) is 4.98 Å². The van der Waals surface area contributed by atoms with Gasteiger partial charge in [0.2, 0.25) is 0 Å². The fraction of sp³-hybridized carbons (Fsp3) is 0.769. The quantitative estimate of drug-likeness (QED) is 0.801. The van der Waals surface area contributed by atoms with Crippen molar-refractivity contribution in [2.24, 2.45) is 0 Å². The summed E-state index contributed by atoms with van der Waals surface area (Å²) in [6.45, 7) is 7.38. The summed E-state index contributed by atoms with van der Waals surface area (Å²) in [5.41, 5.74) is 1.12. The Balaban J connectivity index is 2.17. The third kappa shape index (κ3) is 2.74. The van der Waals surface area contributed by atoms with Crippen LogP contribution in [-0.4, -0.2) is 38.5 Å². The number of aryl methyl sites for hydroxylation is 2. The van der Waals surface area contributed by atoms with E-state index in [1.54, 1.807) is 18.4 Å². The molecular formula is C13H22N2O2S. The van der Waals surface area contributed by atoms with Crippen LogP contribution in [0.1, 0.15) is 28.9 Å². The summed E-state index contributed by atoms with van der Waals surface area (Å²) < 4.78 is 10.7. The number of hydrogen-bond acceptors (Lipinski definition) is 5. The highest BCUT2D eigenvalue weighted by molar-refractivity contribution is 7.11. The van der Waals surface area contributed by atoms with Crippen molar-refractivity contribution in [2.75, 3.05) is 33.5 Å². The molecule has 1 N–H and O–H groups in total. The van der Waals surface area contributed by atoms with Gasteiger partial charge in [0.1, 0.15) is 5.01 Å². The molecule has 1 aromatic heterocycles. The average Bonchev–Trinajstić information content (AvgIpc) is 2.97. The van der Waals surface area contributed by atoms with Crippen LogP contribution in [-0.2, 0) is 21.4 Å². The fourth-order valence-corrected chi connectivity index (χ4v) is 3.48. The van der Waals surface area contributed by atoms with Gasteiger partial charge in [0.25, 0.3) is 0 Å². The maximum absolute atomic E-state index is 5.59. The first-order valence-electron chi connectivity index (χ1n) is 6.50. The molecular weight excluding hydrogens is 248 g/mol. The van der Waals surface area contributed by atoms with E-state index in [1.807, 2.05) is 0 Å². The Labute approximate surface area is 113 Å². The molecule has 4 nitrogen and oxygen atoms in total. The molecule has 2 rings (SSSR count). The van der Waals surface area contributed by atoms with Crippen LogP contribution in [0.2, 0.25) is 0 Å². The number of nitrogens with one attached hydrogen (secondary N) is 1. The van der Waals surface area contributed by atoms with Crippen LogP contribution in [0, 0.1) is 6.92 Å². The first-order valence-corrected chi connectivity index (χ1v) is 7.32. The van der Waals surface area contributed by atoms with Gasteiger partial charge in [-0.1, -0.05) is 6.92 Å². The number of aromatic nitrogens is 1. The normalized spacial score (nSPS) is 23.7. The van der Waals surface area contributed by atoms with Crippen molar-refractivity contribution < 1.29 is 9.47 Å². The van der Waals surface area contributed by atoms with Gasteiger partial charge in [-0.05, 0) is 19.8 Å². The summed E-state index contributed by atoms with van der Waals surface area (Å²) in [6.07, 6.45) is 1.99. The molecule has 1 unspecified atom stereocenters. The van der Waals surface area contributed by atoms with E-state index in [-0.39, 0.29) is 5.54 Å². The molecule has 1 aliphatic rings. The Kier molecular flexibility index (Phi) is 4.72. The molecule has 0 amide bonds. The lowest BCUT2D eigenvalue weighted by Gasteiger charge is -2.26. The molecule has 1 atom stereocenters. The second-order valence-electron chi connectivity index (χ2n) is 4.68. The summed E-state index contributed by atoms with van der Waals surface area (Å²) in [5.74, 6) is 0. The van der Waals surface area contributed by atoms with Gasteiger partial charge in [0.15, 0.2) is 0 Å². The van der Waals surface area contributed by atoms with Crippen molar-refractivity contribution in [1.82, 2.24) is 10.3 Å². The van der Waals surface area contributed by atoms with E-state index in [4.69, 9.17) is 14.5 Å². The molecule has 0 saturated carbocycles. The van der Waals surface area contributed by atoms with Gasteiger partial charge in [-0.3, -0.25) is 0 Å². The zero-order valence-electron chi connectivity index (χ0n) is 11.4. The van der Waals surface area contributed by atoms with Crippen molar-refractivity contribution in [3.05, 3.63) is 15.6 Å². The van der Waals surface area contributed by atoms with E-state index in [1.165, 1.54) is 15.6 Å². The van der Waals surface area contributed by atoms with Crippen LogP contribution in [0.5, 0.6) is 0 Å². The Morgan fingerprint density at radius 1 is 1.56 bits per heavy atom. The number of thiazole rings is 1.